The molecule has 5 heteroatoms. The molecule has 1 aromatic heterocycles. The summed E-state index contributed by atoms with van der Waals surface area (Å²) in [6.07, 6.45) is 4.66. The van der Waals surface area contributed by atoms with Crippen molar-refractivity contribution in [1.82, 2.24) is 14.5 Å². The Morgan fingerprint density at radius 2 is 2.17 bits per heavy atom. The van der Waals surface area contributed by atoms with Crippen LogP contribution in [0.25, 0.3) is 0 Å². The van der Waals surface area contributed by atoms with Gasteiger partial charge in [-0.15, -0.1) is 0 Å². The molecule has 1 heterocycles. The topological polar surface area (TPSA) is 58.4 Å². The molecule has 0 aromatic carbocycles. The Morgan fingerprint density at radius 1 is 1.50 bits per heavy atom. The number of aromatic nitrogens is 2. The molecule has 102 valence electrons. The minimum atomic E-state index is -0.865. The molecule has 1 aromatic rings. The average molecular weight is 253 g/mol. The largest absolute Gasteiger partial charge is 0.480 e. The van der Waals surface area contributed by atoms with Crippen LogP contribution in [-0.2, 0) is 17.9 Å². The number of hydrogen-bond acceptors (Lipinski definition) is 3. The van der Waals surface area contributed by atoms with Gasteiger partial charge in [-0.2, -0.15) is 0 Å². The lowest BCUT2D eigenvalue weighted by molar-refractivity contribution is -0.149. The van der Waals surface area contributed by atoms with Crippen molar-refractivity contribution in [1.29, 1.82) is 0 Å². The molecule has 0 amide bonds. The second-order valence-corrected chi connectivity index (χ2v) is 4.96. The number of imidazole rings is 1. The highest BCUT2D eigenvalue weighted by atomic mass is 16.4. The Balaban J connectivity index is 2.86. The fourth-order valence-corrected chi connectivity index (χ4v) is 1.96. The number of aryl methyl sites for hydroxylation is 1. The Bertz CT molecular complexity index is 399. The Labute approximate surface area is 108 Å². The summed E-state index contributed by atoms with van der Waals surface area (Å²) in [5, 5.41) is 9.28. The van der Waals surface area contributed by atoms with Crippen molar-refractivity contribution >= 4 is 5.97 Å². The number of hydrogen-bond donors (Lipinski definition) is 1. The maximum Gasteiger partial charge on any atom is 0.323 e. The fourth-order valence-electron chi connectivity index (χ4n) is 1.96. The summed E-state index contributed by atoms with van der Waals surface area (Å²) in [5.74, 6) is -0.800. The minimum absolute atomic E-state index is 0.607. The summed E-state index contributed by atoms with van der Waals surface area (Å²) < 4.78 is 2.08. The van der Waals surface area contributed by atoms with Crippen LogP contribution in [-0.4, -0.2) is 37.6 Å². The van der Waals surface area contributed by atoms with Gasteiger partial charge >= 0.3 is 5.97 Å². The molecule has 0 bridgehead atoms. The monoisotopic (exact) mass is 253 g/mol. The van der Waals surface area contributed by atoms with E-state index in [2.05, 4.69) is 16.5 Å². The van der Waals surface area contributed by atoms with Crippen LogP contribution in [0.2, 0.25) is 0 Å². The average Bonchev–Trinajstić information content (AvgIpc) is 2.73. The molecule has 0 fully saturated rings. The summed E-state index contributed by atoms with van der Waals surface area (Å²) in [4.78, 5) is 17.4. The van der Waals surface area contributed by atoms with Crippen LogP contribution in [0.3, 0.4) is 0 Å². The molecule has 0 aliphatic heterocycles. The first-order valence-corrected chi connectivity index (χ1v) is 6.40. The van der Waals surface area contributed by atoms with E-state index >= 15 is 0 Å². The number of carbonyl (C=O) groups is 1. The number of rotatable bonds is 7. The summed E-state index contributed by atoms with van der Waals surface area (Å²) in [5.41, 5.74) is 0.198. The van der Waals surface area contributed by atoms with E-state index in [0.29, 0.717) is 13.1 Å². The van der Waals surface area contributed by atoms with E-state index in [1.165, 1.54) is 0 Å². The molecule has 0 saturated heterocycles. The molecule has 0 spiro atoms. The lowest BCUT2D eigenvalue weighted by Crippen LogP contribution is -2.49. The quantitative estimate of drug-likeness (QED) is 0.807. The number of aliphatic carboxylic acids is 1. The van der Waals surface area contributed by atoms with Gasteiger partial charge in [0.1, 0.15) is 5.54 Å². The van der Waals surface area contributed by atoms with E-state index in [1.807, 2.05) is 18.0 Å². The van der Waals surface area contributed by atoms with E-state index in [1.54, 1.807) is 20.2 Å². The van der Waals surface area contributed by atoms with Crippen molar-refractivity contribution in [3.8, 4) is 0 Å². The summed E-state index contributed by atoms with van der Waals surface area (Å²) in [6.45, 7) is 9.78. The van der Waals surface area contributed by atoms with Gasteiger partial charge in [-0.3, -0.25) is 9.69 Å². The first-order valence-electron chi connectivity index (χ1n) is 6.40. The van der Waals surface area contributed by atoms with E-state index in [-0.39, 0.29) is 0 Å². The van der Waals surface area contributed by atoms with E-state index in [0.717, 1.165) is 18.7 Å². The Kier molecular flexibility index (Phi) is 4.90. The molecule has 0 atom stereocenters. The van der Waals surface area contributed by atoms with Crippen molar-refractivity contribution < 1.29 is 9.90 Å². The molecule has 0 saturated carbocycles. The van der Waals surface area contributed by atoms with Crippen molar-refractivity contribution in [3.63, 3.8) is 0 Å². The van der Waals surface area contributed by atoms with E-state index < -0.39 is 11.5 Å². The molecule has 0 unspecified atom stereocenters. The van der Waals surface area contributed by atoms with Crippen molar-refractivity contribution in [2.45, 2.75) is 52.7 Å². The van der Waals surface area contributed by atoms with Crippen LogP contribution in [0.4, 0.5) is 0 Å². The summed E-state index contributed by atoms with van der Waals surface area (Å²) in [7, 11) is 0. The molecular weight excluding hydrogens is 230 g/mol. The number of carboxylic acid groups (broad SMARTS) is 1. The zero-order chi connectivity index (χ0) is 13.8. The van der Waals surface area contributed by atoms with Gasteiger partial charge in [0.25, 0.3) is 0 Å². The predicted octanol–water partition coefficient (Wildman–Crippen LogP) is 1.98. The van der Waals surface area contributed by atoms with Gasteiger partial charge < -0.3 is 9.67 Å². The normalized spacial score (nSPS) is 12.1. The molecule has 5 nitrogen and oxygen atoms in total. The van der Waals surface area contributed by atoms with Crippen molar-refractivity contribution in [2.75, 3.05) is 6.54 Å². The van der Waals surface area contributed by atoms with Crippen LogP contribution in [0.1, 0.15) is 39.8 Å². The van der Waals surface area contributed by atoms with Gasteiger partial charge in [-0.25, -0.2) is 4.98 Å². The van der Waals surface area contributed by atoms with Crippen LogP contribution in [0, 0.1) is 0 Å². The number of likely N-dealkylation sites (N-methyl/N-ethyl adjacent to an activating group) is 1. The third-order valence-electron chi connectivity index (χ3n) is 3.31. The first kappa shape index (κ1) is 14.7. The molecule has 0 radical (unpaired) electrons. The second-order valence-electron chi connectivity index (χ2n) is 4.96. The molecule has 1 rings (SSSR count). The number of nitrogens with zero attached hydrogens (tertiary/aromatic N) is 3. The molecule has 0 aliphatic carbocycles. The van der Waals surface area contributed by atoms with E-state index in [9.17, 15) is 9.90 Å². The second kappa shape index (κ2) is 6.00. The maximum atomic E-state index is 11.3. The Hall–Kier alpha value is -1.36. The maximum absolute atomic E-state index is 11.3. The van der Waals surface area contributed by atoms with Crippen LogP contribution in [0.5, 0.6) is 0 Å². The number of carboxylic acids is 1. The zero-order valence-corrected chi connectivity index (χ0v) is 11.7. The van der Waals surface area contributed by atoms with Gasteiger partial charge in [0.05, 0.1) is 12.0 Å². The lowest BCUT2D eigenvalue weighted by atomic mass is 10.0. The van der Waals surface area contributed by atoms with Crippen molar-refractivity contribution in [2.24, 2.45) is 0 Å². The minimum Gasteiger partial charge on any atom is -0.480 e. The third-order valence-corrected chi connectivity index (χ3v) is 3.31. The first-order chi connectivity index (χ1) is 8.43. The highest BCUT2D eigenvalue weighted by molar-refractivity contribution is 5.77. The van der Waals surface area contributed by atoms with Gasteiger partial charge in [0.15, 0.2) is 0 Å². The molecule has 18 heavy (non-hydrogen) atoms. The van der Waals surface area contributed by atoms with Crippen LogP contribution in [0.15, 0.2) is 12.5 Å². The van der Waals surface area contributed by atoms with Gasteiger partial charge in [0, 0.05) is 19.3 Å². The van der Waals surface area contributed by atoms with Gasteiger partial charge in [0.2, 0.25) is 0 Å². The highest BCUT2D eigenvalue weighted by Gasteiger charge is 2.33. The molecule has 0 aliphatic rings. The molecular formula is C13H23N3O2. The van der Waals surface area contributed by atoms with Crippen LogP contribution < -0.4 is 0 Å². The van der Waals surface area contributed by atoms with Crippen molar-refractivity contribution in [3.05, 3.63) is 18.2 Å². The van der Waals surface area contributed by atoms with Gasteiger partial charge in [-0.05, 0) is 26.8 Å². The summed E-state index contributed by atoms with van der Waals surface area (Å²) >= 11 is 0. The standard InChI is InChI=1S/C13H23N3O2/c1-5-7-15-10-14-8-11(15)9-16(6-2)13(3,4)12(17)18/h8,10H,5-7,9H2,1-4H3,(H,17,18). The van der Waals surface area contributed by atoms with Gasteiger partial charge in [-0.1, -0.05) is 13.8 Å². The summed E-state index contributed by atoms with van der Waals surface area (Å²) in [6, 6.07) is 0. The molecule has 1 N–H and O–H groups in total. The zero-order valence-electron chi connectivity index (χ0n) is 11.7. The third kappa shape index (κ3) is 3.10. The highest BCUT2D eigenvalue weighted by Crippen LogP contribution is 2.18. The lowest BCUT2D eigenvalue weighted by Gasteiger charge is -2.34. The van der Waals surface area contributed by atoms with Crippen LogP contribution >= 0.6 is 0 Å². The predicted molar refractivity (Wildman–Crippen MR) is 70.3 cm³/mol. The Morgan fingerprint density at radius 3 is 2.67 bits per heavy atom. The smallest absolute Gasteiger partial charge is 0.323 e. The fraction of sp³-hybridized carbons (Fsp3) is 0.692. The SMILES string of the molecule is CCCn1cncc1CN(CC)C(C)(C)C(=O)O. The van der Waals surface area contributed by atoms with E-state index in [4.69, 9.17) is 0 Å².